The number of nitro benzene ring substituents is 1. The zero-order valence-corrected chi connectivity index (χ0v) is 14.2. The third-order valence-corrected chi connectivity index (χ3v) is 3.61. The van der Waals surface area contributed by atoms with Crippen LogP contribution < -0.4 is 5.32 Å². The molecule has 0 bridgehead atoms. The van der Waals surface area contributed by atoms with Crippen molar-refractivity contribution in [3.05, 3.63) is 45.6 Å². The van der Waals surface area contributed by atoms with Gasteiger partial charge in [-0.05, 0) is 31.7 Å². The molecule has 0 spiro atoms. The van der Waals surface area contributed by atoms with Gasteiger partial charge in [-0.2, -0.15) is 0 Å². The quantitative estimate of drug-likeness (QED) is 0.278. The van der Waals surface area contributed by atoms with Crippen LogP contribution in [0.1, 0.15) is 22.8 Å². The third-order valence-electron chi connectivity index (χ3n) is 3.05. The van der Waals surface area contributed by atoms with Gasteiger partial charge in [0.05, 0.1) is 11.5 Å². The van der Waals surface area contributed by atoms with Gasteiger partial charge in [-0.1, -0.05) is 17.8 Å². The molecule has 126 valence electrons. The lowest BCUT2D eigenvalue weighted by molar-refractivity contribution is -0.383. The van der Waals surface area contributed by atoms with Gasteiger partial charge in [0.1, 0.15) is 17.1 Å². The zero-order chi connectivity index (χ0) is 17.7. The molecule has 0 aliphatic heterocycles. The SMILES string of the molecule is CCOC(=O)c1cnc(SC)nc1Nc1cc(C)ccc1[N+](=O)[O-]. The fraction of sp³-hybridized carbons (Fsp3) is 0.267. The number of anilines is 2. The molecule has 8 nitrogen and oxygen atoms in total. The van der Waals surface area contributed by atoms with Crippen LogP contribution in [0.5, 0.6) is 0 Å². The van der Waals surface area contributed by atoms with E-state index in [9.17, 15) is 14.9 Å². The van der Waals surface area contributed by atoms with Crippen LogP contribution in [-0.4, -0.2) is 33.7 Å². The number of thioether (sulfide) groups is 1. The zero-order valence-electron chi connectivity index (χ0n) is 13.4. The summed E-state index contributed by atoms with van der Waals surface area (Å²) in [6.45, 7) is 3.70. The Balaban J connectivity index is 2.50. The molecule has 0 amide bonds. The van der Waals surface area contributed by atoms with E-state index in [0.717, 1.165) is 5.56 Å². The highest BCUT2D eigenvalue weighted by Crippen LogP contribution is 2.30. The Kier molecular flexibility index (Phi) is 5.69. The molecule has 1 N–H and O–H groups in total. The minimum atomic E-state index is -0.594. The number of hydrogen-bond donors (Lipinski definition) is 1. The summed E-state index contributed by atoms with van der Waals surface area (Å²) < 4.78 is 4.98. The normalized spacial score (nSPS) is 10.3. The third kappa shape index (κ3) is 3.99. The highest BCUT2D eigenvalue weighted by molar-refractivity contribution is 7.98. The first-order chi connectivity index (χ1) is 11.5. The van der Waals surface area contributed by atoms with E-state index in [-0.39, 0.29) is 29.4 Å². The molecule has 1 aromatic carbocycles. The molecule has 2 rings (SSSR count). The Morgan fingerprint density at radius 2 is 2.21 bits per heavy atom. The smallest absolute Gasteiger partial charge is 0.343 e. The van der Waals surface area contributed by atoms with E-state index in [4.69, 9.17) is 4.74 Å². The number of nitrogens with zero attached hydrogens (tertiary/aromatic N) is 3. The van der Waals surface area contributed by atoms with Crippen molar-refractivity contribution < 1.29 is 14.5 Å². The maximum absolute atomic E-state index is 12.1. The fourth-order valence-electron chi connectivity index (χ4n) is 1.95. The molecule has 1 aromatic heterocycles. The molecule has 0 saturated heterocycles. The number of esters is 1. The number of benzene rings is 1. The standard InChI is InChI=1S/C15H16N4O4S/c1-4-23-14(20)10-8-16-15(24-3)18-13(10)17-11-7-9(2)5-6-12(11)19(21)22/h5-8H,4H2,1-3H3,(H,16,17,18). The van der Waals surface area contributed by atoms with Gasteiger partial charge in [-0.25, -0.2) is 14.8 Å². The van der Waals surface area contributed by atoms with Crippen molar-refractivity contribution in [2.75, 3.05) is 18.2 Å². The van der Waals surface area contributed by atoms with Gasteiger partial charge >= 0.3 is 5.97 Å². The van der Waals surface area contributed by atoms with E-state index >= 15 is 0 Å². The van der Waals surface area contributed by atoms with Crippen LogP contribution in [0.25, 0.3) is 0 Å². The molecule has 1 heterocycles. The Labute approximate surface area is 142 Å². The van der Waals surface area contributed by atoms with E-state index in [1.165, 1.54) is 24.0 Å². The Bertz CT molecular complexity index is 782. The van der Waals surface area contributed by atoms with E-state index in [1.807, 2.05) is 6.92 Å². The number of rotatable bonds is 6. The average molecular weight is 348 g/mol. The number of aromatic nitrogens is 2. The van der Waals surface area contributed by atoms with Gasteiger partial charge in [0.25, 0.3) is 5.69 Å². The molecule has 0 aliphatic carbocycles. The second-order valence-electron chi connectivity index (χ2n) is 4.74. The van der Waals surface area contributed by atoms with E-state index < -0.39 is 10.9 Å². The summed E-state index contributed by atoms with van der Waals surface area (Å²) in [5, 5.41) is 14.5. The number of nitrogens with one attached hydrogen (secondary N) is 1. The molecule has 9 heteroatoms. The summed E-state index contributed by atoms with van der Waals surface area (Å²) in [5.41, 5.74) is 1.08. The van der Waals surface area contributed by atoms with Crippen molar-refractivity contribution in [2.45, 2.75) is 19.0 Å². The summed E-state index contributed by atoms with van der Waals surface area (Å²) in [5.74, 6) is -0.426. The lowest BCUT2D eigenvalue weighted by atomic mass is 10.2. The predicted octanol–water partition coefficient (Wildman–Crippen LogP) is 3.34. The Morgan fingerprint density at radius 3 is 2.83 bits per heavy atom. The summed E-state index contributed by atoms with van der Waals surface area (Å²) in [7, 11) is 0. The van der Waals surface area contributed by atoms with Crippen molar-refractivity contribution >= 4 is 34.9 Å². The first-order valence-electron chi connectivity index (χ1n) is 7.06. The Hall–Kier alpha value is -2.68. The van der Waals surface area contributed by atoms with Crippen molar-refractivity contribution in [1.29, 1.82) is 0 Å². The van der Waals surface area contributed by atoms with Crippen LogP contribution in [0, 0.1) is 17.0 Å². The average Bonchev–Trinajstić information content (AvgIpc) is 2.54. The highest BCUT2D eigenvalue weighted by atomic mass is 32.2. The predicted molar refractivity (Wildman–Crippen MR) is 90.9 cm³/mol. The molecule has 0 atom stereocenters. The van der Waals surface area contributed by atoms with Crippen LogP contribution in [0.3, 0.4) is 0 Å². The maximum atomic E-state index is 12.1. The number of ether oxygens (including phenoxy) is 1. The number of carbonyl (C=O) groups excluding carboxylic acids is 1. The molecule has 0 radical (unpaired) electrons. The number of nitro groups is 1. The first-order valence-corrected chi connectivity index (χ1v) is 8.29. The van der Waals surface area contributed by atoms with Gasteiger partial charge in [0, 0.05) is 12.3 Å². The van der Waals surface area contributed by atoms with Gasteiger partial charge in [0.15, 0.2) is 5.16 Å². The van der Waals surface area contributed by atoms with E-state index in [1.54, 1.807) is 25.3 Å². The van der Waals surface area contributed by atoms with Crippen molar-refractivity contribution in [1.82, 2.24) is 9.97 Å². The summed E-state index contributed by atoms with van der Waals surface area (Å²) in [6.07, 6.45) is 3.14. The van der Waals surface area contributed by atoms with Crippen molar-refractivity contribution in [3.8, 4) is 0 Å². The molecule has 0 unspecified atom stereocenters. The number of hydrogen-bond acceptors (Lipinski definition) is 8. The largest absolute Gasteiger partial charge is 0.462 e. The second-order valence-corrected chi connectivity index (χ2v) is 5.52. The minimum absolute atomic E-state index is 0.111. The van der Waals surface area contributed by atoms with E-state index in [0.29, 0.717) is 5.16 Å². The van der Waals surface area contributed by atoms with Crippen LogP contribution >= 0.6 is 11.8 Å². The second kappa shape index (κ2) is 7.73. The molecule has 0 fully saturated rings. The van der Waals surface area contributed by atoms with Gasteiger partial charge in [-0.3, -0.25) is 10.1 Å². The van der Waals surface area contributed by atoms with E-state index in [2.05, 4.69) is 15.3 Å². The topological polar surface area (TPSA) is 107 Å². The van der Waals surface area contributed by atoms with Gasteiger partial charge in [0.2, 0.25) is 0 Å². The minimum Gasteiger partial charge on any atom is -0.462 e. The van der Waals surface area contributed by atoms with Crippen molar-refractivity contribution in [3.63, 3.8) is 0 Å². The van der Waals surface area contributed by atoms with Gasteiger partial charge in [-0.15, -0.1) is 0 Å². The molecular formula is C15H16N4O4S. The molecular weight excluding hydrogens is 332 g/mol. The van der Waals surface area contributed by atoms with Crippen LogP contribution in [0.2, 0.25) is 0 Å². The van der Waals surface area contributed by atoms with Crippen LogP contribution in [-0.2, 0) is 4.74 Å². The van der Waals surface area contributed by atoms with Crippen LogP contribution in [0.4, 0.5) is 17.2 Å². The molecule has 0 aliphatic rings. The lowest BCUT2D eigenvalue weighted by Gasteiger charge is -2.11. The fourth-order valence-corrected chi connectivity index (χ4v) is 2.29. The number of carbonyl (C=O) groups is 1. The summed E-state index contributed by atoms with van der Waals surface area (Å²) in [4.78, 5) is 31.1. The lowest BCUT2D eigenvalue weighted by Crippen LogP contribution is -2.11. The van der Waals surface area contributed by atoms with Gasteiger partial charge < -0.3 is 10.1 Å². The summed E-state index contributed by atoms with van der Waals surface area (Å²) in [6, 6.07) is 4.66. The Morgan fingerprint density at radius 1 is 1.46 bits per heavy atom. The molecule has 2 aromatic rings. The van der Waals surface area contributed by atoms with Crippen LogP contribution in [0.15, 0.2) is 29.6 Å². The summed E-state index contributed by atoms with van der Waals surface area (Å²) >= 11 is 1.29. The van der Waals surface area contributed by atoms with Crippen molar-refractivity contribution in [2.24, 2.45) is 0 Å². The molecule has 24 heavy (non-hydrogen) atoms. The highest BCUT2D eigenvalue weighted by Gasteiger charge is 2.20. The number of aryl methyl sites for hydroxylation is 1. The first kappa shape index (κ1) is 17.7. The monoisotopic (exact) mass is 348 g/mol. The maximum Gasteiger partial charge on any atom is 0.343 e. The molecule has 0 saturated carbocycles.